The zero-order chi connectivity index (χ0) is 16.7. The molecule has 128 valence electrons. The van der Waals surface area contributed by atoms with Crippen molar-refractivity contribution in [3.8, 4) is 5.75 Å². The number of amides is 1. The first-order valence-electron chi connectivity index (χ1n) is 8.50. The van der Waals surface area contributed by atoms with Crippen LogP contribution in [0.2, 0.25) is 5.02 Å². The van der Waals surface area contributed by atoms with Crippen LogP contribution in [0.25, 0.3) is 0 Å². The van der Waals surface area contributed by atoms with E-state index >= 15 is 0 Å². The quantitative estimate of drug-likeness (QED) is 0.829. The Bertz CT molecular complexity index is 502. The van der Waals surface area contributed by atoms with Gasteiger partial charge in [-0.3, -0.25) is 4.79 Å². The SMILES string of the molecule is CCC(Oc1ccccc1Cl)C(=O)N1CCC(CCNC)CC1. The lowest BCUT2D eigenvalue weighted by atomic mass is 9.93. The number of carbonyl (C=O) groups is 1. The van der Waals surface area contributed by atoms with Crippen LogP contribution < -0.4 is 10.1 Å². The molecule has 1 aromatic carbocycles. The smallest absolute Gasteiger partial charge is 0.263 e. The normalized spacial score (nSPS) is 17.1. The van der Waals surface area contributed by atoms with E-state index < -0.39 is 6.10 Å². The topological polar surface area (TPSA) is 41.6 Å². The van der Waals surface area contributed by atoms with Gasteiger partial charge in [0.2, 0.25) is 0 Å². The van der Waals surface area contributed by atoms with Crippen LogP contribution >= 0.6 is 11.6 Å². The van der Waals surface area contributed by atoms with Crippen molar-refractivity contribution in [2.24, 2.45) is 5.92 Å². The number of piperidine rings is 1. The van der Waals surface area contributed by atoms with Crippen molar-refractivity contribution in [1.29, 1.82) is 0 Å². The minimum atomic E-state index is -0.455. The largest absolute Gasteiger partial charge is 0.479 e. The number of benzene rings is 1. The second-order valence-corrected chi connectivity index (χ2v) is 6.51. The molecule has 0 aliphatic carbocycles. The van der Waals surface area contributed by atoms with Gasteiger partial charge in [0, 0.05) is 13.1 Å². The number of hydrogen-bond acceptors (Lipinski definition) is 3. The van der Waals surface area contributed by atoms with Gasteiger partial charge >= 0.3 is 0 Å². The average Bonchev–Trinajstić information content (AvgIpc) is 2.59. The summed E-state index contributed by atoms with van der Waals surface area (Å²) in [6.07, 6.45) is 3.53. The Hall–Kier alpha value is -1.26. The lowest BCUT2D eigenvalue weighted by Gasteiger charge is -2.34. The monoisotopic (exact) mass is 338 g/mol. The van der Waals surface area contributed by atoms with Crippen molar-refractivity contribution >= 4 is 17.5 Å². The molecular weight excluding hydrogens is 312 g/mol. The van der Waals surface area contributed by atoms with Gasteiger partial charge in [-0.05, 0) is 57.3 Å². The third-order valence-corrected chi connectivity index (χ3v) is 4.79. The van der Waals surface area contributed by atoms with Gasteiger partial charge in [-0.15, -0.1) is 0 Å². The minimum absolute atomic E-state index is 0.0829. The van der Waals surface area contributed by atoms with Crippen molar-refractivity contribution in [3.05, 3.63) is 29.3 Å². The molecule has 0 aromatic heterocycles. The number of likely N-dealkylation sites (tertiary alicyclic amines) is 1. The van der Waals surface area contributed by atoms with Crippen molar-refractivity contribution in [2.75, 3.05) is 26.7 Å². The predicted octanol–water partition coefficient (Wildman–Crippen LogP) is 3.35. The average molecular weight is 339 g/mol. The minimum Gasteiger partial charge on any atom is -0.479 e. The van der Waals surface area contributed by atoms with Gasteiger partial charge in [0.15, 0.2) is 6.10 Å². The Kier molecular flexibility index (Phi) is 7.18. The number of rotatable bonds is 7. The molecule has 1 aliphatic heterocycles. The van der Waals surface area contributed by atoms with Crippen molar-refractivity contribution in [2.45, 2.75) is 38.7 Å². The second-order valence-electron chi connectivity index (χ2n) is 6.11. The third kappa shape index (κ3) is 5.11. The summed E-state index contributed by atoms with van der Waals surface area (Å²) in [4.78, 5) is 14.7. The number of hydrogen-bond donors (Lipinski definition) is 1. The number of carbonyl (C=O) groups excluding carboxylic acids is 1. The van der Waals surface area contributed by atoms with Crippen molar-refractivity contribution < 1.29 is 9.53 Å². The van der Waals surface area contributed by atoms with Crippen molar-refractivity contribution in [1.82, 2.24) is 10.2 Å². The van der Waals surface area contributed by atoms with Gasteiger partial charge in [-0.25, -0.2) is 0 Å². The molecule has 0 radical (unpaired) electrons. The first-order chi connectivity index (χ1) is 11.2. The molecule has 0 spiro atoms. The molecule has 1 aromatic rings. The number of para-hydroxylation sites is 1. The molecule has 1 amide bonds. The van der Waals surface area contributed by atoms with Crippen LogP contribution in [-0.2, 0) is 4.79 Å². The van der Waals surface area contributed by atoms with Crippen molar-refractivity contribution in [3.63, 3.8) is 0 Å². The summed E-state index contributed by atoms with van der Waals surface area (Å²) >= 11 is 6.13. The van der Waals surface area contributed by atoms with Gasteiger partial charge in [-0.1, -0.05) is 30.7 Å². The molecule has 1 unspecified atom stereocenters. The molecule has 1 heterocycles. The Morgan fingerprint density at radius 1 is 1.39 bits per heavy atom. The second kappa shape index (κ2) is 9.14. The van der Waals surface area contributed by atoms with E-state index in [2.05, 4.69) is 5.32 Å². The molecular formula is C18H27ClN2O2. The summed E-state index contributed by atoms with van der Waals surface area (Å²) in [5.41, 5.74) is 0. The van der Waals surface area contributed by atoms with E-state index in [1.165, 1.54) is 6.42 Å². The highest BCUT2D eigenvalue weighted by Crippen LogP contribution is 2.26. The standard InChI is InChI=1S/C18H27ClN2O2/c1-3-16(23-17-7-5-4-6-15(17)19)18(22)21-12-9-14(10-13-21)8-11-20-2/h4-7,14,16,20H,3,8-13H2,1-2H3. The number of halogens is 1. The fourth-order valence-corrected chi connectivity index (χ4v) is 3.18. The zero-order valence-electron chi connectivity index (χ0n) is 14.1. The molecule has 23 heavy (non-hydrogen) atoms. The van der Waals surface area contributed by atoms with Crippen LogP contribution in [0.4, 0.5) is 0 Å². The van der Waals surface area contributed by atoms with Crippen LogP contribution in [0.15, 0.2) is 24.3 Å². The maximum Gasteiger partial charge on any atom is 0.263 e. The highest BCUT2D eigenvalue weighted by molar-refractivity contribution is 6.32. The van der Waals surface area contributed by atoms with E-state index in [-0.39, 0.29) is 5.91 Å². The molecule has 1 atom stereocenters. The summed E-state index contributed by atoms with van der Waals surface area (Å²) in [5.74, 6) is 1.38. The molecule has 1 N–H and O–H groups in total. The van der Waals surface area contributed by atoms with Gasteiger partial charge in [0.1, 0.15) is 5.75 Å². The first kappa shape index (κ1) is 18.1. The molecule has 1 aliphatic rings. The van der Waals surface area contributed by atoms with Gasteiger partial charge in [0.05, 0.1) is 5.02 Å². The number of nitrogens with zero attached hydrogens (tertiary/aromatic N) is 1. The van der Waals surface area contributed by atoms with Crippen LogP contribution in [-0.4, -0.2) is 43.6 Å². The highest BCUT2D eigenvalue weighted by Gasteiger charge is 2.28. The van der Waals surface area contributed by atoms with Gasteiger partial charge < -0.3 is 15.0 Å². The maximum absolute atomic E-state index is 12.7. The van der Waals surface area contributed by atoms with E-state index in [4.69, 9.17) is 16.3 Å². The highest BCUT2D eigenvalue weighted by atomic mass is 35.5. The van der Waals surface area contributed by atoms with Crippen LogP contribution in [0.1, 0.15) is 32.6 Å². The van der Waals surface area contributed by atoms with E-state index in [0.717, 1.165) is 38.4 Å². The van der Waals surface area contributed by atoms with E-state index in [9.17, 15) is 4.79 Å². The Morgan fingerprint density at radius 3 is 2.70 bits per heavy atom. The van der Waals surface area contributed by atoms with Gasteiger partial charge in [-0.2, -0.15) is 0 Å². The summed E-state index contributed by atoms with van der Waals surface area (Å²) in [5, 5.41) is 3.74. The summed E-state index contributed by atoms with van der Waals surface area (Å²) < 4.78 is 5.87. The Morgan fingerprint density at radius 2 is 2.09 bits per heavy atom. The fraction of sp³-hybridized carbons (Fsp3) is 0.611. The summed E-state index contributed by atoms with van der Waals surface area (Å²) in [7, 11) is 1.98. The fourth-order valence-electron chi connectivity index (χ4n) is 3.00. The molecule has 2 rings (SSSR count). The van der Waals surface area contributed by atoms with E-state index in [1.54, 1.807) is 6.07 Å². The summed E-state index contributed by atoms with van der Waals surface area (Å²) in [6, 6.07) is 7.31. The maximum atomic E-state index is 12.7. The Balaban J connectivity index is 1.89. The molecule has 5 heteroatoms. The van der Waals surface area contributed by atoms with E-state index in [0.29, 0.717) is 17.2 Å². The third-order valence-electron chi connectivity index (χ3n) is 4.48. The number of nitrogens with one attached hydrogen (secondary N) is 1. The summed E-state index contributed by atoms with van der Waals surface area (Å²) in [6.45, 7) is 4.68. The van der Waals surface area contributed by atoms with Crippen LogP contribution in [0, 0.1) is 5.92 Å². The first-order valence-corrected chi connectivity index (χ1v) is 8.88. The van der Waals surface area contributed by atoms with Crippen LogP contribution in [0.5, 0.6) is 5.75 Å². The molecule has 4 nitrogen and oxygen atoms in total. The molecule has 0 bridgehead atoms. The Labute approximate surface area is 144 Å². The lowest BCUT2D eigenvalue weighted by molar-refractivity contribution is -0.140. The van der Waals surface area contributed by atoms with E-state index in [1.807, 2.05) is 37.1 Å². The molecule has 1 saturated heterocycles. The van der Waals surface area contributed by atoms with Crippen LogP contribution in [0.3, 0.4) is 0 Å². The molecule has 0 saturated carbocycles. The number of ether oxygens (including phenoxy) is 1. The lowest BCUT2D eigenvalue weighted by Crippen LogP contribution is -2.45. The molecule has 1 fully saturated rings. The zero-order valence-corrected chi connectivity index (χ0v) is 14.8. The predicted molar refractivity (Wildman–Crippen MR) is 94.0 cm³/mol. The van der Waals surface area contributed by atoms with Gasteiger partial charge in [0.25, 0.3) is 5.91 Å².